The highest BCUT2D eigenvalue weighted by molar-refractivity contribution is 7.89. The molecule has 0 bridgehead atoms. The van der Waals surface area contributed by atoms with Crippen molar-refractivity contribution in [3.05, 3.63) is 94.1 Å². The molecule has 0 saturated carbocycles. The fourth-order valence-electron chi connectivity index (χ4n) is 2.83. The van der Waals surface area contributed by atoms with Crippen LogP contribution in [0.25, 0.3) is 10.6 Å². The number of nitrogens with zero attached hydrogens (tertiary/aromatic N) is 2. The molecule has 0 aliphatic heterocycles. The zero-order valence-electron chi connectivity index (χ0n) is 14.9. The Morgan fingerprint density at radius 1 is 0.857 bits per heavy atom. The smallest absolute Gasteiger partial charge is 0.240 e. The van der Waals surface area contributed by atoms with Gasteiger partial charge in [-0.2, -0.15) is 15.6 Å². The van der Waals surface area contributed by atoms with Crippen LogP contribution in [0.5, 0.6) is 0 Å². The summed E-state index contributed by atoms with van der Waals surface area (Å²) in [7, 11) is -3.64. The van der Waals surface area contributed by atoms with E-state index in [4.69, 9.17) is 0 Å². The second kappa shape index (κ2) is 8.36. The number of thiazole rings is 1. The summed E-state index contributed by atoms with van der Waals surface area (Å²) in [6.45, 7) is 0.524. The highest BCUT2D eigenvalue weighted by Crippen LogP contribution is 2.27. The third kappa shape index (κ3) is 4.23. The van der Waals surface area contributed by atoms with E-state index in [1.807, 2.05) is 58.6 Å². The Labute approximate surface area is 172 Å². The van der Waals surface area contributed by atoms with Crippen molar-refractivity contribution in [1.29, 1.82) is 0 Å². The molecule has 0 unspecified atom stereocenters. The predicted molar refractivity (Wildman–Crippen MR) is 115 cm³/mol. The van der Waals surface area contributed by atoms with Gasteiger partial charge in [0.15, 0.2) is 0 Å². The van der Waals surface area contributed by atoms with Gasteiger partial charge in [-0.05, 0) is 29.1 Å². The van der Waals surface area contributed by atoms with E-state index >= 15 is 0 Å². The topological polar surface area (TPSA) is 50.3 Å². The Kier molecular flexibility index (Phi) is 5.68. The molecular formula is C21H18N2O2S3. The lowest BCUT2D eigenvalue weighted by molar-refractivity contribution is 0.397. The Balaban J connectivity index is 1.65. The van der Waals surface area contributed by atoms with Crippen LogP contribution in [0.2, 0.25) is 0 Å². The van der Waals surface area contributed by atoms with Gasteiger partial charge in [0.05, 0.1) is 17.1 Å². The summed E-state index contributed by atoms with van der Waals surface area (Å²) in [6, 6.07) is 20.2. The first-order valence-corrected chi connectivity index (χ1v) is 12.0. The van der Waals surface area contributed by atoms with Gasteiger partial charge in [0.1, 0.15) is 5.01 Å². The minimum absolute atomic E-state index is 0.229. The number of rotatable bonds is 7. The third-order valence-corrected chi connectivity index (χ3v) is 7.67. The summed E-state index contributed by atoms with van der Waals surface area (Å²) in [5.74, 6) is 0. The molecule has 0 N–H and O–H groups in total. The largest absolute Gasteiger partial charge is 0.243 e. The molecule has 2 aromatic carbocycles. The van der Waals surface area contributed by atoms with Crippen LogP contribution in [0.3, 0.4) is 0 Å². The second-order valence-electron chi connectivity index (χ2n) is 6.23. The summed E-state index contributed by atoms with van der Waals surface area (Å²) in [5, 5.41) is 6.90. The fraction of sp³-hybridized carbons (Fsp3) is 0.0952. The van der Waals surface area contributed by atoms with E-state index in [-0.39, 0.29) is 6.54 Å². The normalized spacial score (nSPS) is 11.8. The Hall–Kier alpha value is -2.32. The lowest BCUT2D eigenvalue weighted by Crippen LogP contribution is -2.30. The van der Waals surface area contributed by atoms with Crippen LogP contribution >= 0.6 is 22.7 Å². The number of benzene rings is 2. The number of sulfonamides is 1. The van der Waals surface area contributed by atoms with Gasteiger partial charge in [-0.25, -0.2) is 13.4 Å². The molecule has 0 aliphatic carbocycles. The van der Waals surface area contributed by atoms with Gasteiger partial charge < -0.3 is 0 Å². The summed E-state index contributed by atoms with van der Waals surface area (Å²) < 4.78 is 28.0. The molecule has 4 nitrogen and oxygen atoms in total. The molecule has 2 aromatic heterocycles. The van der Waals surface area contributed by atoms with Crippen molar-refractivity contribution < 1.29 is 8.42 Å². The van der Waals surface area contributed by atoms with Crippen LogP contribution in [0.1, 0.15) is 11.3 Å². The van der Waals surface area contributed by atoms with Gasteiger partial charge in [0, 0.05) is 22.9 Å². The van der Waals surface area contributed by atoms with Crippen LogP contribution in [0.4, 0.5) is 0 Å². The van der Waals surface area contributed by atoms with Gasteiger partial charge in [-0.1, -0.05) is 48.5 Å². The molecule has 0 amide bonds. The Morgan fingerprint density at radius 3 is 2.25 bits per heavy atom. The maximum absolute atomic E-state index is 13.3. The van der Waals surface area contributed by atoms with Gasteiger partial charge in [-0.3, -0.25) is 0 Å². The third-order valence-electron chi connectivity index (χ3n) is 4.24. The van der Waals surface area contributed by atoms with Crippen LogP contribution in [-0.4, -0.2) is 17.7 Å². The molecule has 28 heavy (non-hydrogen) atoms. The summed E-state index contributed by atoms with van der Waals surface area (Å²) >= 11 is 3.16. The van der Waals surface area contributed by atoms with Crippen molar-refractivity contribution in [2.75, 3.05) is 0 Å². The van der Waals surface area contributed by atoms with Crippen molar-refractivity contribution >= 4 is 32.7 Å². The summed E-state index contributed by atoms with van der Waals surface area (Å²) in [5.41, 5.74) is 2.76. The van der Waals surface area contributed by atoms with E-state index in [2.05, 4.69) is 4.98 Å². The van der Waals surface area contributed by atoms with Gasteiger partial charge in [-0.15, -0.1) is 11.3 Å². The zero-order chi connectivity index (χ0) is 19.4. The van der Waals surface area contributed by atoms with Crippen LogP contribution in [0, 0.1) is 0 Å². The molecule has 0 atom stereocenters. The minimum atomic E-state index is -3.64. The molecule has 0 saturated heterocycles. The molecule has 4 aromatic rings. The first-order chi connectivity index (χ1) is 13.6. The Morgan fingerprint density at radius 2 is 1.57 bits per heavy atom. The molecule has 4 rings (SSSR count). The molecule has 2 heterocycles. The minimum Gasteiger partial charge on any atom is -0.240 e. The predicted octanol–water partition coefficient (Wildman–Crippen LogP) is 5.26. The number of hydrogen-bond donors (Lipinski definition) is 0. The zero-order valence-corrected chi connectivity index (χ0v) is 17.4. The van der Waals surface area contributed by atoms with Crippen molar-refractivity contribution in [3.63, 3.8) is 0 Å². The lowest BCUT2D eigenvalue weighted by Gasteiger charge is -2.21. The SMILES string of the molecule is O=S(=O)(c1ccccc1)N(Cc1ccccc1)Cc1csc(-c2ccsc2)n1. The average Bonchev–Trinajstić information content (AvgIpc) is 3.41. The number of aromatic nitrogens is 1. The molecule has 7 heteroatoms. The number of hydrogen-bond acceptors (Lipinski definition) is 5. The average molecular weight is 427 g/mol. The van der Waals surface area contributed by atoms with Crippen LogP contribution < -0.4 is 0 Å². The molecule has 0 radical (unpaired) electrons. The van der Waals surface area contributed by atoms with Gasteiger partial charge in [0.25, 0.3) is 0 Å². The number of thiophene rings is 1. The highest BCUT2D eigenvalue weighted by atomic mass is 32.2. The molecule has 0 spiro atoms. The second-order valence-corrected chi connectivity index (χ2v) is 9.80. The van der Waals surface area contributed by atoms with Crippen molar-refractivity contribution in [3.8, 4) is 10.6 Å². The maximum Gasteiger partial charge on any atom is 0.243 e. The van der Waals surface area contributed by atoms with E-state index in [1.165, 1.54) is 15.6 Å². The van der Waals surface area contributed by atoms with E-state index < -0.39 is 10.0 Å². The van der Waals surface area contributed by atoms with E-state index in [9.17, 15) is 8.42 Å². The summed E-state index contributed by atoms with van der Waals surface area (Å²) in [4.78, 5) is 4.95. The van der Waals surface area contributed by atoms with E-state index in [0.717, 1.165) is 21.8 Å². The molecule has 142 valence electrons. The Bertz CT molecular complexity index is 1120. The lowest BCUT2D eigenvalue weighted by atomic mass is 10.2. The van der Waals surface area contributed by atoms with Crippen LogP contribution in [0.15, 0.2) is 87.8 Å². The first kappa shape index (κ1) is 19.0. The van der Waals surface area contributed by atoms with Crippen molar-refractivity contribution in [1.82, 2.24) is 9.29 Å². The quantitative estimate of drug-likeness (QED) is 0.405. The van der Waals surface area contributed by atoms with E-state index in [1.54, 1.807) is 35.6 Å². The molecule has 0 aliphatic rings. The highest BCUT2D eigenvalue weighted by Gasteiger charge is 2.25. The fourth-order valence-corrected chi connectivity index (χ4v) is 5.78. The first-order valence-electron chi connectivity index (χ1n) is 8.69. The van der Waals surface area contributed by atoms with Gasteiger partial charge in [0.2, 0.25) is 10.0 Å². The van der Waals surface area contributed by atoms with Crippen LogP contribution in [-0.2, 0) is 23.1 Å². The summed E-state index contributed by atoms with van der Waals surface area (Å²) in [6.07, 6.45) is 0. The van der Waals surface area contributed by atoms with E-state index in [0.29, 0.717) is 11.4 Å². The molecular weight excluding hydrogens is 408 g/mol. The maximum atomic E-state index is 13.3. The van der Waals surface area contributed by atoms with Crippen molar-refractivity contribution in [2.24, 2.45) is 0 Å². The monoisotopic (exact) mass is 426 g/mol. The molecule has 0 fully saturated rings. The standard InChI is InChI=1S/C21H18N2O2S3/c24-28(25,20-9-5-2-6-10-20)23(13-17-7-3-1-4-8-17)14-19-16-27-21(22-19)18-11-12-26-15-18/h1-12,15-16H,13-14H2. The van der Waals surface area contributed by atoms with Gasteiger partial charge >= 0.3 is 0 Å². The van der Waals surface area contributed by atoms with Crippen molar-refractivity contribution in [2.45, 2.75) is 18.0 Å².